The van der Waals surface area contributed by atoms with E-state index in [1.807, 2.05) is 6.92 Å². The van der Waals surface area contributed by atoms with Gasteiger partial charge in [-0.3, -0.25) is 14.6 Å². The molecule has 2 aromatic rings. The van der Waals surface area contributed by atoms with Crippen LogP contribution in [0.15, 0.2) is 53.7 Å². The summed E-state index contributed by atoms with van der Waals surface area (Å²) in [5.74, 6) is -0.655. The molecule has 2 amide bonds. The zero-order valence-corrected chi connectivity index (χ0v) is 17.0. The van der Waals surface area contributed by atoms with Crippen LogP contribution in [-0.2, 0) is 14.8 Å². The molecule has 154 valence electrons. The standard InChI is InChI=1S/C20H24N4O4S/c1-2-22-19(25)16-5-3-6-17(13-16)23-20(26)15-8-11-24(12-9-15)29(27,28)18-7-4-10-21-14-18/h3-7,10,13-15H,2,8-9,11-12H2,1H3,(H,22,25)(H,23,26). The Kier molecular flexibility index (Phi) is 6.60. The Labute approximate surface area is 170 Å². The molecule has 2 N–H and O–H groups in total. The summed E-state index contributed by atoms with van der Waals surface area (Å²) >= 11 is 0. The minimum atomic E-state index is -3.60. The van der Waals surface area contributed by atoms with Gasteiger partial charge in [0.05, 0.1) is 0 Å². The van der Waals surface area contributed by atoms with Gasteiger partial charge in [-0.1, -0.05) is 6.07 Å². The molecule has 1 saturated heterocycles. The van der Waals surface area contributed by atoms with Crippen molar-refractivity contribution in [1.82, 2.24) is 14.6 Å². The Morgan fingerprint density at radius 1 is 1.17 bits per heavy atom. The fourth-order valence-corrected chi connectivity index (χ4v) is 4.69. The number of aromatic nitrogens is 1. The van der Waals surface area contributed by atoms with Crippen LogP contribution >= 0.6 is 0 Å². The fraction of sp³-hybridized carbons (Fsp3) is 0.350. The van der Waals surface area contributed by atoms with Crippen LogP contribution in [0.4, 0.5) is 5.69 Å². The maximum atomic E-state index is 12.7. The summed E-state index contributed by atoms with van der Waals surface area (Å²) in [4.78, 5) is 28.6. The van der Waals surface area contributed by atoms with Gasteiger partial charge >= 0.3 is 0 Å². The van der Waals surface area contributed by atoms with Gasteiger partial charge in [-0.05, 0) is 50.1 Å². The largest absolute Gasteiger partial charge is 0.352 e. The second kappa shape index (κ2) is 9.15. The average molecular weight is 417 g/mol. The minimum Gasteiger partial charge on any atom is -0.352 e. The van der Waals surface area contributed by atoms with Crippen molar-refractivity contribution in [2.45, 2.75) is 24.7 Å². The lowest BCUT2D eigenvalue weighted by molar-refractivity contribution is -0.120. The van der Waals surface area contributed by atoms with Crippen LogP contribution in [0.5, 0.6) is 0 Å². The van der Waals surface area contributed by atoms with Crippen LogP contribution in [0.25, 0.3) is 0 Å². The number of nitrogens with one attached hydrogen (secondary N) is 2. The van der Waals surface area contributed by atoms with Crippen LogP contribution in [-0.4, -0.2) is 49.2 Å². The van der Waals surface area contributed by atoms with Gasteiger partial charge in [-0.2, -0.15) is 4.31 Å². The van der Waals surface area contributed by atoms with Gasteiger partial charge in [-0.25, -0.2) is 8.42 Å². The first-order valence-electron chi connectivity index (χ1n) is 9.51. The molecule has 1 fully saturated rings. The molecule has 1 aliphatic rings. The predicted molar refractivity (Wildman–Crippen MR) is 109 cm³/mol. The van der Waals surface area contributed by atoms with Gasteiger partial charge in [0.1, 0.15) is 4.90 Å². The van der Waals surface area contributed by atoms with E-state index in [0.717, 1.165) is 0 Å². The molecule has 0 bridgehead atoms. The number of hydrogen-bond acceptors (Lipinski definition) is 5. The molecule has 8 nitrogen and oxygen atoms in total. The van der Waals surface area contributed by atoms with E-state index >= 15 is 0 Å². The molecule has 1 aromatic heterocycles. The summed E-state index contributed by atoms with van der Waals surface area (Å²) in [6.45, 7) is 2.91. The summed E-state index contributed by atoms with van der Waals surface area (Å²) in [7, 11) is -3.60. The van der Waals surface area contributed by atoms with E-state index in [9.17, 15) is 18.0 Å². The van der Waals surface area contributed by atoms with E-state index in [4.69, 9.17) is 0 Å². The summed E-state index contributed by atoms with van der Waals surface area (Å²) in [6, 6.07) is 9.85. The second-order valence-corrected chi connectivity index (χ2v) is 8.73. The number of pyridine rings is 1. The van der Waals surface area contributed by atoms with Crippen molar-refractivity contribution in [3.8, 4) is 0 Å². The van der Waals surface area contributed by atoms with E-state index in [2.05, 4.69) is 15.6 Å². The number of carbonyl (C=O) groups is 2. The number of anilines is 1. The van der Waals surface area contributed by atoms with Crippen molar-refractivity contribution in [3.63, 3.8) is 0 Å². The highest BCUT2D eigenvalue weighted by molar-refractivity contribution is 7.89. The Balaban J connectivity index is 1.59. The minimum absolute atomic E-state index is 0.157. The number of amides is 2. The van der Waals surface area contributed by atoms with Crippen molar-refractivity contribution >= 4 is 27.5 Å². The number of nitrogens with zero attached hydrogens (tertiary/aromatic N) is 2. The molecule has 0 saturated carbocycles. The first-order valence-corrected chi connectivity index (χ1v) is 10.9. The molecule has 0 spiro atoms. The van der Waals surface area contributed by atoms with Gasteiger partial charge in [0, 0.05) is 49.2 Å². The van der Waals surface area contributed by atoms with Crippen LogP contribution in [0.1, 0.15) is 30.1 Å². The lowest BCUT2D eigenvalue weighted by atomic mass is 9.97. The summed E-state index contributed by atoms with van der Waals surface area (Å²) < 4.78 is 26.7. The molecular formula is C20H24N4O4S. The highest BCUT2D eigenvalue weighted by atomic mass is 32.2. The molecule has 2 heterocycles. The van der Waals surface area contributed by atoms with E-state index in [0.29, 0.717) is 30.6 Å². The number of carbonyl (C=O) groups excluding carboxylic acids is 2. The van der Waals surface area contributed by atoms with Crippen molar-refractivity contribution in [2.75, 3.05) is 25.0 Å². The Bertz CT molecular complexity index is 971. The monoisotopic (exact) mass is 416 g/mol. The summed E-state index contributed by atoms with van der Waals surface area (Å²) in [6.07, 6.45) is 3.72. The number of piperidine rings is 1. The van der Waals surface area contributed by atoms with Gasteiger partial charge < -0.3 is 10.6 Å². The lowest BCUT2D eigenvalue weighted by Crippen LogP contribution is -2.41. The van der Waals surface area contributed by atoms with Gasteiger partial charge in [0.15, 0.2) is 0 Å². The van der Waals surface area contributed by atoms with E-state index in [1.165, 1.54) is 22.8 Å². The zero-order chi connectivity index (χ0) is 20.9. The fourth-order valence-electron chi connectivity index (χ4n) is 3.25. The molecule has 29 heavy (non-hydrogen) atoms. The molecular weight excluding hydrogens is 392 g/mol. The SMILES string of the molecule is CCNC(=O)c1cccc(NC(=O)C2CCN(S(=O)(=O)c3cccnc3)CC2)c1. The van der Waals surface area contributed by atoms with E-state index in [1.54, 1.807) is 30.3 Å². The Hall–Kier alpha value is -2.78. The van der Waals surface area contributed by atoms with Gasteiger partial charge in [0.25, 0.3) is 5.91 Å². The highest BCUT2D eigenvalue weighted by Crippen LogP contribution is 2.24. The van der Waals surface area contributed by atoms with Crippen molar-refractivity contribution in [2.24, 2.45) is 5.92 Å². The zero-order valence-electron chi connectivity index (χ0n) is 16.2. The number of rotatable bonds is 6. The van der Waals surface area contributed by atoms with Crippen molar-refractivity contribution in [3.05, 3.63) is 54.4 Å². The summed E-state index contributed by atoms with van der Waals surface area (Å²) in [5.41, 5.74) is 1.02. The van der Waals surface area contributed by atoms with Gasteiger partial charge in [0.2, 0.25) is 15.9 Å². The third-order valence-electron chi connectivity index (χ3n) is 4.83. The average Bonchev–Trinajstić information content (AvgIpc) is 2.75. The molecule has 3 rings (SSSR count). The number of sulfonamides is 1. The lowest BCUT2D eigenvalue weighted by Gasteiger charge is -2.30. The second-order valence-electron chi connectivity index (χ2n) is 6.80. The maximum absolute atomic E-state index is 12.7. The Morgan fingerprint density at radius 2 is 1.93 bits per heavy atom. The molecule has 0 aliphatic carbocycles. The third-order valence-corrected chi connectivity index (χ3v) is 6.71. The van der Waals surface area contributed by atoms with Crippen LogP contribution in [0.2, 0.25) is 0 Å². The first-order chi connectivity index (χ1) is 13.9. The Morgan fingerprint density at radius 3 is 2.59 bits per heavy atom. The molecule has 0 radical (unpaired) electrons. The van der Waals surface area contributed by atoms with Gasteiger partial charge in [-0.15, -0.1) is 0 Å². The molecule has 9 heteroatoms. The quantitative estimate of drug-likeness (QED) is 0.747. The molecule has 0 atom stereocenters. The molecule has 1 aromatic carbocycles. The third kappa shape index (κ3) is 4.99. The first kappa shape index (κ1) is 20.9. The topological polar surface area (TPSA) is 108 Å². The highest BCUT2D eigenvalue weighted by Gasteiger charge is 2.32. The summed E-state index contributed by atoms with van der Waals surface area (Å²) in [5, 5.41) is 5.56. The van der Waals surface area contributed by atoms with Crippen molar-refractivity contribution in [1.29, 1.82) is 0 Å². The normalized spacial score (nSPS) is 15.6. The maximum Gasteiger partial charge on any atom is 0.251 e. The van der Waals surface area contributed by atoms with E-state index < -0.39 is 10.0 Å². The molecule has 1 aliphatic heterocycles. The smallest absolute Gasteiger partial charge is 0.251 e. The van der Waals surface area contributed by atoms with Crippen molar-refractivity contribution < 1.29 is 18.0 Å². The van der Waals surface area contributed by atoms with Crippen LogP contribution in [0, 0.1) is 5.92 Å². The van der Waals surface area contributed by atoms with Crippen LogP contribution < -0.4 is 10.6 Å². The van der Waals surface area contributed by atoms with Crippen LogP contribution in [0.3, 0.4) is 0 Å². The molecule has 0 unspecified atom stereocenters. The predicted octanol–water partition coefficient (Wildman–Crippen LogP) is 1.87. The number of benzene rings is 1. The number of hydrogen-bond donors (Lipinski definition) is 2. The van der Waals surface area contributed by atoms with E-state index in [-0.39, 0.29) is 35.7 Å².